The summed E-state index contributed by atoms with van der Waals surface area (Å²) in [5.41, 5.74) is 1.84. The highest BCUT2D eigenvalue weighted by molar-refractivity contribution is 6.01. The summed E-state index contributed by atoms with van der Waals surface area (Å²) in [7, 11) is 4.07. The summed E-state index contributed by atoms with van der Waals surface area (Å²) in [4.78, 5) is 25.5. The van der Waals surface area contributed by atoms with Crippen molar-refractivity contribution in [2.75, 3.05) is 37.9 Å². The maximum atomic E-state index is 12.4. The number of hydrogen-bond donors (Lipinski definition) is 2. The molecule has 0 saturated carbocycles. The largest absolute Gasteiger partial charge is 0.487 e. The number of nitro benzene ring substituents is 1. The van der Waals surface area contributed by atoms with E-state index in [0.717, 1.165) is 24.0 Å². The highest BCUT2D eigenvalue weighted by atomic mass is 16.6. The molecule has 9 heteroatoms. The van der Waals surface area contributed by atoms with Crippen molar-refractivity contribution in [1.82, 2.24) is 9.47 Å². The van der Waals surface area contributed by atoms with E-state index in [4.69, 9.17) is 4.74 Å². The summed E-state index contributed by atoms with van der Waals surface area (Å²) in [5.74, 6) is 0.416. The molecule has 0 fully saturated rings. The van der Waals surface area contributed by atoms with Crippen LogP contribution in [0.3, 0.4) is 0 Å². The maximum absolute atomic E-state index is 12.4. The van der Waals surface area contributed by atoms with Crippen LogP contribution in [0.5, 0.6) is 5.75 Å². The maximum Gasteiger partial charge on any atom is 0.323 e. The van der Waals surface area contributed by atoms with Crippen molar-refractivity contribution < 1.29 is 14.5 Å². The topological polar surface area (TPSA) is 102 Å². The van der Waals surface area contributed by atoms with Crippen LogP contribution in [0.1, 0.15) is 13.8 Å². The number of nitrogens with zero attached hydrogens (tertiary/aromatic N) is 3. The van der Waals surface area contributed by atoms with Crippen molar-refractivity contribution in [3.8, 4) is 5.75 Å². The number of anilines is 2. The van der Waals surface area contributed by atoms with Crippen LogP contribution < -0.4 is 15.4 Å². The van der Waals surface area contributed by atoms with E-state index in [1.807, 2.05) is 58.4 Å². The minimum absolute atomic E-state index is 0.180. The molecule has 2 amide bonds. The van der Waals surface area contributed by atoms with E-state index < -0.39 is 11.0 Å². The molecule has 0 radical (unpaired) electrons. The number of benzene rings is 2. The van der Waals surface area contributed by atoms with Gasteiger partial charge in [-0.25, -0.2) is 4.79 Å². The van der Waals surface area contributed by atoms with Crippen LogP contribution in [0.15, 0.2) is 48.7 Å². The fraction of sp³-hybridized carbons (Fsp3) is 0.348. The first-order chi connectivity index (χ1) is 15.2. The molecule has 0 atom stereocenters. The van der Waals surface area contributed by atoms with E-state index in [2.05, 4.69) is 20.1 Å². The van der Waals surface area contributed by atoms with Gasteiger partial charge in [-0.05, 0) is 56.4 Å². The van der Waals surface area contributed by atoms with Crippen molar-refractivity contribution in [2.24, 2.45) is 5.92 Å². The number of carbonyl (C=O) groups excluding carboxylic acids is 1. The van der Waals surface area contributed by atoms with Gasteiger partial charge in [0.25, 0.3) is 0 Å². The highest BCUT2D eigenvalue weighted by Crippen LogP contribution is 2.30. The Bertz CT molecular complexity index is 1110. The molecule has 0 spiro atoms. The summed E-state index contributed by atoms with van der Waals surface area (Å²) >= 11 is 0. The van der Waals surface area contributed by atoms with Crippen LogP contribution in [0.25, 0.3) is 10.9 Å². The Balaban J connectivity index is 1.68. The Kier molecular flexibility index (Phi) is 7.32. The van der Waals surface area contributed by atoms with Crippen molar-refractivity contribution >= 4 is 34.0 Å². The molecule has 3 rings (SSSR count). The van der Waals surface area contributed by atoms with Crippen LogP contribution in [-0.2, 0) is 6.54 Å². The van der Waals surface area contributed by atoms with Gasteiger partial charge in [-0.15, -0.1) is 0 Å². The second-order valence-electron chi connectivity index (χ2n) is 8.31. The minimum atomic E-state index is -0.520. The van der Waals surface area contributed by atoms with Crippen molar-refractivity contribution in [1.29, 1.82) is 0 Å². The van der Waals surface area contributed by atoms with Gasteiger partial charge in [-0.1, -0.05) is 13.8 Å². The molecule has 0 saturated heterocycles. The summed E-state index contributed by atoms with van der Waals surface area (Å²) in [5, 5.41) is 17.8. The second kappa shape index (κ2) is 10.1. The monoisotopic (exact) mass is 439 g/mol. The lowest BCUT2D eigenvalue weighted by atomic mass is 10.2. The van der Waals surface area contributed by atoms with Crippen molar-refractivity contribution in [3.63, 3.8) is 0 Å². The molecule has 0 aliphatic carbocycles. The Morgan fingerprint density at radius 3 is 2.47 bits per heavy atom. The standard InChI is InChI=1S/C23H29N5O4/c1-16(2)15-32-22-8-6-19(14-21(22)28(30)31)25-23(29)24-18-5-7-20-17(13-18)9-10-27(20)12-11-26(3)4/h5-10,13-14,16H,11-12,15H2,1-4H3,(H2,24,25,29). The fourth-order valence-corrected chi connectivity index (χ4v) is 3.19. The van der Waals surface area contributed by atoms with E-state index in [-0.39, 0.29) is 17.4 Å². The van der Waals surface area contributed by atoms with Gasteiger partial charge in [0, 0.05) is 47.6 Å². The van der Waals surface area contributed by atoms with E-state index in [9.17, 15) is 14.9 Å². The zero-order valence-corrected chi connectivity index (χ0v) is 18.8. The van der Waals surface area contributed by atoms with Gasteiger partial charge < -0.3 is 24.8 Å². The molecule has 1 heterocycles. The predicted octanol–water partition coefficient (Wildman–Crippen LogP) is 4.79. The van der Waals surface area contributed by atoms with E-state index in [1.54, 1.807) is 6.07 Å². The zero-order valence-electron chi connectivity index (χ0n) is 18.8. The molecule has 0 aliphatic rings. The van der Waals surface area contributed by atoms with Gasteiger partial charge in [0.2, 0.25) is 0 Å². The second-order valence-corrected chi connectivity index (χ2v) is 8.31. The smallest absolute Gasteiger partial charge is 0.323 e. The number of nitrogens with one attached hydrogen (secondary N) is 2. The first-order valence-corrected chi connectivity index (χ1v) is 10.5. The average Bonchev–Trinajstić information content (AvgIpc) is 3.13. The first-order valence-electron chi connectivity index (χ1n) is 10.5. The van der Waals surface area contributed by atoms with E-state index in [0.29, 0.717) is 18.0 Å². The summed E-state index contributed by atoms with van der Waals surface area (Å²) in [6.07, 6.45) is 2.03. The predicted molar refractivity (Wildman–Crippen MR) is 127 cm³/mol. The highest BCUT2D eigenvalue weighted by Gasteiger charge is 2.17. The number of rotatable bonds is 9. The number of nitro groups is 1. The first kappa shape index (κ1) is 23.1. The molecule has 3 aromatic rings. The normalized spacial score (nSPS) is 11.2. The SMILES string of the molecule is CC(C)COc1ccc(NC(=O)Nc2ccc3c(ccn3CCN(C)C)c2)cc1[N+](=O)[O-]. The Labute approximate surface area is 187 Å². The number of ether oxygens (including phenoxy) is 1. The number of carbonyl (C=O) groups is 1. The third-order valence-corrected chi connectivity index (χ3v) is 4.80. The third kappa shape index (κ3) is 5.98. The van der Waals surface area contributed by atoms with Crippen LogP contribution in [0, 0.1) is 16.0 Å². The molecule has 1 aromatic heterocycles. The molecule has 0 bridgehead atoms. The lowest BCUT2D eigenvalue weighted by molar-refractivity contribution is -0.385. The number of likely N-dealkylation sites (N-methyl/N-ethyl adjacent to an activating group) is 1. The average molecular weight is 440 g/mol. The summed E-state index contributed by atoms with van der Waals surface area (Å²) < 4.78 is 7.68. The lowest BCUT2D eigenvalue weighted by Crippen LogP contribution is -2.19. The number of amides is 2. The van der Waals surface area contributed by atoms with E-state index in [1.165, 1.54) is 12.1 Å². The van der Waals surface area contributed by atoms with Crippen LogP contribution in [0.2, 0.25) is 0 Å². The van der Waals surface area contributed by atoms with Crippen LogP contribution >= 0.6 is 0 Å². The van der Waals surface area contributed by atoms with Crippen molar-refractivity contribution in [2.45, 2.75) is 20.4 Å². The number of urea groups is 1. The van der Waals surface area contributed by atoms with Gasteiger partial charge in [0.05, 0.1) is 11.5 Å². The third-order valence-electron chi connectivity index (χ3n) is 4.80. The quantitative estimate of drug-likeness (QED) is 0.369. The Morgan fingerprint density at radius 2 is 1.81 bits per heavy atom. The molecule has 2 N–H and O–H groups in total. The van der Waals surface area contributed by atoms with E-state index >= 15 is 0 Å². The molecular formula is C23H29N5O4. The molecule has 2 aromatic carbocycles. The van der Waals surface area contributed by atoms with Gasteiger partial charge >= 0.3 is 11.7 Å². The minimum Gasteiger partial charge on any atom is -0.487 e. The number of hydrogen-bond acceptors (Lipinski definition) is 5. The van der Waals surface area contributed by atoms with Crippen molar-refractivity contribution in [3.05, 3.63) is 58.8 Å². The molecule has 0 unspecified atom stereocenters. The van der Waals surface area contributed by atoms with Gasteiger partial charge in [-0.2, -0.15) is 0 Å². The molecular weight excluding hydrogens is 410 g/mol. The summed E-state index contributed by atoms with van der Waals surface area (Å²) in [6.45, 7) is 6.09. The van der Waals surface area contributed by atoms with Gasteiger partial charge in [0.15, 0.2) is 5.75 Å². The lowest BCUT2D eigenvalue weighted by Gasteiger charge is -2.12. The fourth-order valence-electron chi connectivity index (χ4n) is 3.19. The summed E-state index contributed by atoms with van der Waals surface area (Å²) in [6, 6.07) is 11.6. The number of fused-ring (bicyclic) bond motifs is 1. The molecule has 0 aliphatic heterocycles. The Morgan fingerprint density at radius 1 is 1.12 bits per heavy atom. The Hall–Kier alpha value is -3.59. The van der Waals surface area contributed by atoms with Gasteiger partial charge in [-0.3, -0.25) is 10.1 Å². The van der Waals surface area contributed by atoms with Crippen LogP contribution in [-0.4, -0.2) is 47.7 Å². The van der Waals surface area contributed by atoms with Gasteiger partial charge in [0.1, 0.15) is 0 Å². The zero-order chi connectivity index (χ0) is 23.3. The number of aromatic nitrogens is 1. The van der Waals surface area contributed by atoms with Crippen LogP contribution in [0.4, 0.5) is 21.9 Å². The molecule has 170 valence electrons. The molecule has 32 heavy (non-hydrogen) atoms. The molecule has 9 nitrogen and oxygen atoms in total.